The molecule has 6 heteroatoms. The second kappa shape index (κ2) is 6.74. The largest absolute Gasteiger partial charge is 0.323 e. The summed E-state index contributed by atoms with van der Waals surface area (Å²) in [6, 6.07) is 23.4. The molecule has 3 heterocycles. The summed E-state index contributed by atoms with van der Waals surface area (Å²) in [7, 11) is 0. The van der Waals surface area contributed by atoms with Crippen LogP contribution in [0, 0.1) is 6.92 Å². The van der Waals surface area contributed by atoms with Crippen molar-refractivity contribution >= 4 is 34.0 Å². The molecule has 6 nitrogen and oxygen atoms in total. The van der Waals surface area contributed by atoms with E-state index in [9.17, 15) is 4.79 Å². The maximum Gasteiger partial charge on any atom is 0.204 e. The normalized spacial score (nSPS) is 13.1. The van der Waals surface area contributed by atoms with Gasteiger partial charge in [-0.25, -0.2) is 4.98 Å². The number of aryl methyl sites for hydroxylation is 1. The molecule has 0 unspecified atom stereocenters. The number of rotatable bonds is 3. The molecule has 1 aliphatic heterocycles. The van der Waals surface area contributed by atoms with Crippen LogP contribution in [0.15, 0.2) is 72.8 Å². The maximum atomic E-state index is 13.0. The van der Waals surface area contributed by atoms with E-state index in [4.69, 9.17) is 4.98 Å². The van der Waals surface area contributed by atoms with Crippen LogP contribution >= 0.6 is 0 Å². The van der Waals surface area contributed by atoms with Gasteiger partial charge in [0.1, 0.15) is 5.82 Å². The second-order valence-electron chi connectivity index (χ2n) is 7.77. The van der Waals surface area contributed by atoms with E-state index >= 15 is 0 Å². The van der Waals surface area contributed by atoms with Crippen molar-refractivity contribution in [1.29, 1.82) is 0 Å². The number of hydrogen-bond acceptors (Lipinski definition) is 5. The van der Waals surface area contributed by atoms with Crippen molar-refractivity contribution in [2.24, 2.45) is 0 Å². The number of nitrogens with zero attached hydrogens (tertiary/aromatic N) is 5. The first-order chi connectivity index (χ1) is 15.2. The molecule has 3 aromatic carbocycles. The van der Waals surface area contributed by atoms with Gasteiger partial charge in [0.15, 0.2) is 11.6 Å². The molecule has 0 N–H and O–H groups in total. The zero-order valence-corrected chi connectivity index (χ0v) is 17.0. The third-order valence-electron chi connectivity index (χ3n) is 5.91. The van der Waals surface area contributed by atoms with Gasteiger partial charge in [-0.05, 0) is 43.2 Å². The first-order valence-corrected chi connectivity index (χ1v) is 10.3. The predicted octanol–water partition coefficient (Wildman–Crippen LogP) is 4.51. The highest BCUT2D eigenvalue weighted by molar-refractivity contribution is 6.10. The molecule has 0 bridgehead atoms. The van der Waals surface area contributed by atoms with Gasteiger partial charge in [-0.1, -0.05) is 48.5 Å². The number of para-hydroxylation sites is 1. The van der Waals surface area contributed by atoms with Crippen LogP contribution in [0.25, 0.3) is 16.7 Å². The Labute approximate surface area is 178 Å². The van der Waals surface area contributed by atoms with Gasteiger partial charge in [0.05, 0.1) is 11.0 Å². The van der Waals surface area contributed by atoms with Gasteiger partial charge in [-0.3, -0.25) is 9.20 Å². The van der Waals surface area contributed by atoms with Gasteiger partial charge < -0.3 is 4.90 Å². The van der Waals surface area contributed by atoms with Crippen molar-refractivity contribution in [3.63, 3.8) is 0 Å². The third kappa shape index (κ3) is 2.72. The van der Waals surface area contributed by atoms with E-state index in [2.05, 4.69) is 33.3 Å². The van der Waals surface area contributed by atoms with E-state index in [0.29, 0.717) is 16.8 Å². The lowest BCUT2D eigenvalue weighted by Gasteiger charge is -2.20. The number of fused-ring (bicyclic) bond motifs is 4. The summed E-state index contributed by atoms with van der Waals surface area (Å²) in [5.41, 5.74) is 6.09. The molecule has 5 aromatic rings. The zero-order chi connectivity index (χ0) is 20.9. The predicted molar refractivity (Wildman–Crippen MR) is 120 cm³/mol. The maximum absolute atomic E-state index is 13.0. The smallest absolute Gasteiger partial charge is 0.204 e. The molecule has 6 rings (SSSR count). The van der Waals surface area contributed by atoms with Gasteiger partial charge in [-0.2, -0.15) is 0 Å². The van der Waals surface area contributed by atoms with Crippen LogP contribution in [0.5, 0.6) is 0 Å². The fourth-order valence-electron chi connectivity index (χ4n) is 4.39. The molecule has 0 amide bonds. The lowest BCUT2D eigenvalue weighted by atomic mass is 10.0. The van der Waals surface area contributed by atoms with Crippen LogP contribution in [-0.4, -0.2) is 31.9 Å². The average molecular weight is 405 g/mol. The molecule has 31 heavy (non-hydrogen) atoms. The Morgan fingerprint density at radius 1 is 0.903 bits per heavy atom. The Bertz CT molecular complexity index is 1470. The monoisotopic (exact) mass is 405 g/mol. The second-order valence-corrected chi connectivity index (χ2v) is 7.77. The van der Waals surface area contributed by atoms with Crippen LogP contribution in [-0.2, 0) is 6.42 Å². The molecule has 0 saturated carbocycles. The zero-order valence-electron chi connectivity index (χ0n) is 17.0. The lowest BCUT2D eigenvalue weighted by Crippen LogP contribution is -2.16. The minimum absolute atomic E-state index is 0.0149. The quantitative estimate of drug-likeness (QED) is 0.413. The summed E-state index contributed by atoms with van der Waals surface area (Å²) in [5, 5.41) is 8.77. The van der Waals surface area contributed by atoms with Gasteiger partial charge in [0.2, 0.25) is 5.65 Å². The average Bonchev–Trinajstić information content (AvgIpc) is 3.42. The molecule has 2 aromatic heterocycles. The molecular formula is C25H19N5O. The van der Waals surface area contributed by atoms with Crippen molar-refractivity contribution in [3.05, 3.63) is 95.3 Å². The number of ketones is 1. The Hall–Kier alpha value is -4.06. The standard InChI is InChI=1S/C25H19N5O/c1-16-27-28-25-24(29-14-13-17-7-5-6-10-21(17)29)26-20-12-11-19(15-22(20)30(16)25)23(31)18-8-3-2-4-9-18/h2-12,15H,13-14H2,1H3. The molecule has 0 spiro atoms. The molecule has 150 valence electrons. The lowest BCUT2D eigenvalue weighted by molar-refractivity contribution is 0.103. The summed E-state index contributed by atoms with van der Waals surface area (Å²) >= 11 is 0. The number of aromatic nitrogens is 4. The van der Waals surface area contributed by atoms with E-state index in [1.165, 1.54) is 5.56 Å². The van der Waals surface area contributed by atoms with E-state index in [-0.39, 0.29) is 5.78 Å². The van der Waals surface area contributed by atoms with Crippen LogP contribution in [0.1, 0.15) is 27.3 Å². The van der Waals surface area contributed by atoms with Crippen molar-refractivity contribution in [2.45, 2.75) is 13.3 Å². The highest BCUT2D eigenvalue weighted by atomic mass is 16.1. The van der Waals surface area contributed by atoms with E-state index in [1.54, 1.807) is 0 Å². The summed E-state index contributed by atoms with van der Waals surface area (Å²) in [5.74, 6) is 1.54. The Morgan fingerprint density at radius 2 is 1.71 bits per heavy atom. The Morgan fingerprint density at radius 3 is 2.58 bits per heavy atom. The van der Waals surface area contributed by atoms with Gasteiger partial charge in [0.25, 0.3) is 0 Å². The minimum Gasteiger partial charge on any atom is -0.323 e. The fourth-order valence-corrected chi connectivity index (χ4v) is 4.39. The van der Waals surface area contributed by atoms with E-state index < -0.39 is 0 Å². The van der Waals surface area contributed by atoms with Crippen LogP contribution in [0.2, 0.25) is 0 Å². The number of carbonyl (C=O) groups is 1. The fraction of sp³-hybridized carbons (Fsp3) is 0.120. The number of hydrogen-bond donors (Lipinski definition) is 0. The van der Waals surface area contributed by atoms with Crippen molar-refractivity contribution in [1.82, 2.24) is 19.6 Å². The van der Waals surface area contributed by atoms with Gasteiger partial charge in [-0.15, -0.1) is 10.2 Å². The van der Waals surface area contributed by atoms with Crippen LogP contribution < -0.4 is 4.90 Å². The highest BCUT2D eigenvalue weighted by Crippen LogP contribution is 2.36. The SMILES string of the molecule is Cc1nnc2c(N3CCc4ccccc43)nc3ccc(C(=O)c4ccccc4)cc3n12. The molecular weight excluding hydrogens is 386 g/mol. The first kappa shape index (κ1) is 17.8. The highest BCUT2D eigenvalue weighted by Gasteiger charge is 2.25. The summed E-state index contributed by atoms with van der Waals surface area (Å²) in [4.78, 5) is 20.2. The molecule has 1 aliphatic rings. The first-order valence-electron chi connectivity index (χ1n) is 10.3. The van der Waals surface area contributed by atoms with Crippen molar-refractivity contribution in [2.75, 3.05) is 11.4 Å². The van der Waals surface area contributed by atoms with Crippen LogP contribution in [0.4, 0.5) is 11.5 Å². The van der Waals surface area contributed by atoms with Crippen LogP contribution in [0.3, 0.4) is 0 Å². The summed E-state index contributed by atoms with van der Waals surface area (Å²) in [6.07, 6.45) is 0.972. The van der Waals surface area contributed by atoms with Crippen molar-refractivity contribution in [3.8, 4) is 0 Å². The minimum atomic E-state index is -0.0149. The molecule has 0 fully saturated rings. The number of anilines is 2. The number of carbonyl (C=O) groups excluding carboxylic acids is 1. The molecule has 0 atom stereocenters. The molecule has 0 aliphatic carbocycles. The summed E-state index contributed by atoms with van der Waals surface area (Å²) in [6.45, 7) is 2.77. The Kier molecular flexibility index (Phi) is 3.86. The molecule has 0 saturated heterocycles. The van der Waals surface area contributed by atoms with E-state index in [0.717, 1.165) is 41.3 Å². The Balaban J connectivity index is 1.55. The number of benzene rings is 3. The van der Waals surface area contributed by atoms with Gasteiger partial charge in [0, 0.05) is 23.4 Å². The third-order valence-corrected chi connectivity index (χ3v) is 5.91. The van der Waals surface area contributed by atoms with Gasteiger partial charge >= 0.3 is 0 Å². The molecule has 0 radical (unpaired) electrons. The topological polar surface area (TPSA) is 63.4 Å². The summed E-state index contributed by atoms with van der Waals surface area (Å²) < 4.78 is 2.00. The van der Waals surface area contributed by atoms with Crippen molar-refractivity contribution < 1.29 is 4.79 Å². The van der Waals surface area contributed by atoms with E-state index in [1.807, 2.05) is 65.9 Å².